The molecule has 0 bridgehead atoms. The molecule has 0 atom stereocenters. The summed E-state index contributed by atoms with van der Waals surface area (Å²) in [5.74, 6) is 0. The van der Waals surface area contributed by atoms with Crippen LogP contribution in [0.4, 0.5) is 5.69 Å². The second-order valence-corrected chi connectivity index (χ2v) is 4.95. The molecular weight excluding hydrogens is 250 g/mol. The van der Waals surface area contributed by atoms with Crippen LogP contribution in [0.3, 0.4) is 0 Å². The predicted octanol–water partition coefficient (Wildman–Crippen LogP) is 2.45. The minimum Gasteiger partial charge on any atom is -0.393 e. The maximum Gasteiger partial charge on any atom is 0.290 e. The van der Waals surface area contributed by atoms with Gasteiger partial charge < -0.3 is 5.73 Å². The summed E-state index contributed by atoms with van der Waals surface area (Å²) in [7, 11) is 0. The molecule has 2 aromatic rings. The van der Waals surface area contributed by atoms with Crippen molar-refractivity contribution < 1.29 is 0 Å². The van der Waals surface area contributed by atoms with Crippen LogP contribution in [0.5, 0.6) is 0 Å². The summed E-state index contributed by atoms with van der Waals surface area (Å²) in [6, 6.07) is 10.3. The molecule has 4 heteroatoms. The molecule has 0 aliphatic rings. The van der Waals surface area contributed by atoms with E-state index in [9.17, 15) is 4.79 Å². The standard InChI is InChI=1S/C16H23N3O/c1-3-14-15(17)16(20)19(18(14)4-2)12-8-11-13-9-6-5-7-10-13/h5-7,9-10H,3-4,8,11-12,17H2,1-2H3. The molecule has 4 nitrogen and oxygen atoms in total. The molecule has 0 saturated heterocycles. The largest absolute Gasteiger partial charge is 0.393 e. The van der Waals surface area contributed by atoms with E-state index in [-0.39, 0.29) is 5.56 Å². The number of aromatic nitrogens is 2. The number of nitrogens with two attached hydrogens (primary N) is 1. The van der Waals surface area contributed by atoms with Crippen LogP contribution in [0.1, 0.15) is 31.5 Å². The molecule has 0 saturated carbocycles. The van der Waals surface area contributed by atoms with Crippen LogP contribution in [-0.4, -0.2) is 9.36 Å². The van der Waals surface area contributed by atoms with E-state index in [1.807, 2.05) is 36.7 Å². The number of hydrogen-bond donors (Lipinski definition) is 1. The summed E-state index contributed by atoms with van der Waals surface area (Å²) < 4.78 is 3.81. The zero-order valence-corrected chi connectivity index (χ0v) is 12.3. The normalized spacial score (nSPS) is 10.9. The van der Waals surface area contributed by atoms with Crippen molar-refractivity contribution in [3.8, 4) is 0 Å². The summed E-state index contributed by atoms with van der Waals surface area (Å²) >= 11 is 0. The van der Waals surface area contributed by atoms with E-state index in [4.69, 9.17) is 5.73 Å². The third kappa shape index (κ3) is 2.79. The fraction of sp³-hybridized carbons (Fsp3) is 0.438. The number of rotatable bonds is 6. The lowest BCUT2D eigenvalue weighted by Gasteiger charge is -2.12. The Morgan fingerprint density at radius 1 is 1.10 bits per heavy atom. The average Bonchev–Trinajstić information content (AvgIpc) is 2.72. The molecular formula is C16H23N3O. The Kier molecular flexibility index (Phi) is 4.66. The van der Waals surface area contributed by atoms with E-state index >= 15 is 0 Å². The summed E-state index contributed by atoms with van der Waals surface area (Å²) in [5, 5.41) is 0. The Bertz CT molecular complexity index is 611. The highest BCUT2D eigenvalue weighted by molar-refractivity contribution is 5.41. The van der Waals surface area contributed by atoms with Crippen LogP contribution in [0.2, 0.25) is 0 Å². The van der Waals surface area contributed by atoms with E-state index in [2.05, 4.69) is 12.1 Å². The van der Waals surface area contributed by atoms with Crippen LogP contribution in [-0.2, 0) is 25.9 Å². The maximum absolute atomic E-state index is 12.2. The number of benzene rings is 1. The van der Waals surface area contributed by atoms with Crippen LogP contribution >= 0.6 is 0 Å². The molecule has 1 heterocycles. The van der Waals surface area contributed by atoms with Gasteiger partial charge in [0.15, 0.2) is 0 Å². The molecule has 20 heavy (non-hydrogen) atoms. The molecule has 1 aromatic heterocycles. The van der Waals surface area contributed by atoms with Crippen molar-refractivity contribution in [2.75, 3.05) is 5.73 Å². The Balaban J connectivity index is 2.12. The first-order valence-electron chi connectivity index (χ1n) is 7.30. The molecule has 2 rings (SSSR count). The summed E-state index contributed by atoms with van der Waals surface area (Å²) in [4.78, 5) is 12.2. The molecule has 108 valence electrons. The van der Waals surface area contributed by atoms with Gasteiger partial charge in [-0.1, -0.05) is 37.3 Å². The first kappa shape index (κ1) is 14.4. The number of aryl methyl sites for hydroxylation is 1. The number of anilines is 1. The van der Waals surface area contributed by atoms with Gasteiger partial charge in [0.1, 0.15) is 5.69 Å². The zero-order chi connectivity index (χ0) is 14.5. The third-order valence-electron chi connectivity index (χ3n) is 3.69. The zero-order valence-electron chi connectivity index (χ0n) is 12.3. The maximum atomic E-state index is 12.2. The first-order valence-corrected chi connectivity index (χ1v) is 7.30. The van der Waals surface area contributed by atoms with Crippen molar-refractivity contribution in [3.63, 3.8) is 0 Å². The van der Waals surface area contributed by atoms with Gasteiger partial charge in [-0.05, 0) is 31.7 Å². The van der Waals surface area contributed by atoms with Crippen LogP contribution in [0.15, 0.2) is 35.1 Å². The lowest BCUT2D eigenvalue weighted by Crippen LogP contribution is -2.24. The molecule has 0 radical (unpaired) electrons. The van der Waals surface area contributed by atoms with Crippen molar-refractivity contribution in [3.05, 3.63) is 51.9 Å². The second kappa shape index (κ2) is 6.46. The van der Waals surface area contributed by atoms with E-state index in [0.717, 1.165) is 31.5 Å². The third-order valence-corrected chi connectivity index (χ3v) is 3.69. The van der Waals surface area contributed by atoms with Crippen LogP contribution < -0.4 is 11.3 Å². The Labute approximate surface area is 119 Å². The minimum atomic E-state index is -0.0447. The average molecular weight is 273 g/mol. The first-order chi connectivity index (χ1) is 9.69. The van der Waals surface area contributed by atoms with E-state index in [0.29, 0.717) is 12.2 Å². The molecule has 2 N–H and O–H groups in total. The van der Waals surface area contributed by atoms with Gasteiger partial charge in [-0.15, -0.1) is 0 Å². The number of nitrogen functional groups attached to an aromatic ring is 1. The highest BCUT2D eigenvalue weighted by atomic mass is 16.1. The summed E-state index contributed by atoms with van der Waals surface area (Å²) in [6.45, 7) is 5.57. The molecule has 0 amide bonds. The highest BCUT2D eigenvalue weighted by Crippen LogP contribution is 2.11. The van der Waals surface area contributed by atoms with E-state index in [1.165, 1.54) is 5.56 Å². The van der Waals surface area contributed by atoms with Crippen molar-refractivity contribution in [1.82, 2.24) is 9.36 Å². The number of hydrogen-bond acceptors (Lipinski definition) is 2. The minimum absolute atomic E-state index is 0.0447. The molecule has 0 unspecified atom stereocenters. The van der Waals surface area contributed by atoms with Gasteiger partial charge in [-0.2, -0.15) is 0 Å². The van der Waals surface area contributed by atoms with Gasteiger partial charge in [0.05, 0.1) is 5.69 Å². The highest BCUT2D eigenvalue weighted by Gasteiger charge is 2.14. The van der Waals surface area contributed by atoms with Crippen molar-refractivity contribution in [1.29, 1.82) is 0 Å². The Morgan fingerprint density at radius 2 is 1.80 bits per heavy atom. The van der Waals surface area contributed by atoms with E-state index in [1.54, 1.807) is 4.68 Å². The van der Waals surface area contributed by atoms with Gasteiger partial charge in [0, 0.05) is 13.1 Å². The van der Waals surface area contributed by atoms with E-state index < -0.39 is 0 Å². The Morgan fingerprint density at radius 3 is 2.40 bits per heavy atom. The number of nitrogens with zero attached hydrogens (tertiary/aromatic N) is 2. The molecule has 0 fully saturated rings. The molecule has 0 aliphatic heterocycles. The SMILES string of the molecule is CCc1c(N)c(=O)n(CCCc2ccccc2)n1CC. The quantitative estimate of drug-likeness (QED) is 0.879. The molecule has 0 spiro atoms. The lowest BCUT2D eigenvalue weighted by molar-refractivity contribution is 0.434. The van der Waals surface area contributed by atoms with Gasteiger partial charge >= 0.3 is 0 Å². The van der Waals surface area contributed by atoms with Gasteiger partial charge in [0.2, 0.25) is 0 Å². The monoisotopic (exact) mass is 273 g/mol. The van der Waals surface area contributed by atoms with Crippen molar-refractivity contribution >= 4 is 5.69 Å². The molecule has 1 aromatic carbocycles. The Hall–Kier alpha value is -1.97. The van der Waals surface area contributed by atoms with Gasteiger partial charge in [-0.3, -0.25) is 9.48 Å². The van der Waals surface area contributed by atoms with Crippen molar-refractivity contribution in [2.24, 2.45) is 0 Å². The topological polar surface area (TPSA) is 53.0 Å². The van der Waals surface area contributed by atoms with Crippen molar-refractivity contribution in [2.45, 2.75) is 46.2 Å². The summed E-state index contributed by atoms with van der Waals surface area (Å²) in [6.07, 6.45) is 2.71. The fourth-order valence-corrected chi connectivity index (χ4v) is 2.69. The predicted molar refractivity (Wildman–Crippen MR) is 82.9 cm³/mol. The van der Waals surface area contributed by atoms with Crippen LogP contribution in [0.25, 0.3) is 0 Å². The molecule has 0 aliphatic carbocycles. The smallest absolute Gasteiger partial charge is 0.290 e. The summed E-state index contributed by atoms with van der Waals surface area (Å²) in [5.41, 5.74) is 8.55. The van der Waals surface area contributed by atoms with Gasteiger partial charge in [-0.25, -0.2) is 4.68 Å². The fourth-order valence-electron chi connectivity index (χ4n) is 2.69. The second-order valence-electron chi connectivity index (χ2n) is 4.95. The van der Waals surface area contributed by atoms with Gasteiger partial charge in [0.25, 0.3) is 5.56 Å². The lowest BCUT2D eigenvalue weighted by atomic mass is 10.1. The van der Waals surface area contributed by atoms with Crippen LogP contribution in [0, 0.1) is 0 Å².